The van der Waals surface area contributed by atoms with Crippen LogP contribution in [0.25, 0.3) is 0 Å². The molecule has 6 nitrogen and oxygen atoms in total. The Kier molecular flexibility index (Phi) is 8.13. The second-order valence-electron chi connectivity index (χ2n) is 8.72. The van der Waals surface area contributed by atoms with Crippen LogP contribution in [0.5, 0.6) is 5.75 Å². The minimum Gasteiger partial charge on any atom is -0.495 e. The van der Waals surface area contributed by atoms with Gasteiger partial charge in [-0.1, -0.05) is 41.4 Å². The van der Waals surface area contributed by atoms with Crippen molar-refractivity contribution in [3.63, 3.8) is 0 Å². The van der Waals surface area contributed by atoms with Crippen LogP contribution in [0.15, 0.2) is 59.5 Å². The van der Waals surface area contributed by atoms with E-state index in [1.54, 1.807) is 24.3 Å². The van der Waals surface area contributed by atoms with Gasteiger partial charge >= 0.3 is 0 Å². The Bertz CT molecular complexity index is 1340. The molecular formula is C27H31ClN2O4S. The van der Waals surface area contributed by atoms with Crippen molar-refractivity contribution in [3.05, 3.63) is 87.4 Å². The van der Waals surface area contributed by atoms with E-state index in [9.17, 15) is 13.2 Å². The third-order valence-corrected chi connectivity index (χ3v) is 8.04. The molecule has 3 aromatic rings. The highest BCUT2D eigenvalue weighted by Gasteiger charge is 2.30. The Morgan fingerprint density at radius 1 is 0.971 bits per heavy atom. The second kappa shape index (κ2) is 10.7. The lowest BCUT2D eigenvalue weighted by Crippen LogP contribution is -2.41. The topological polar surface area (TPSA) is 75.7 Å². The summed E-state index contributed by atoms with van der Waals surface area (Å²) in [7, 11) is -2.66. The highest BCUT2D eigenvalue weighted by atomic mass is 35.5. The summed E-state index contributed by atoms with van der Waals surface area (Å²) in [5, 5.41) is 3.27. The number of hydrogen-bond donors (Lipinski definition) is 1. The molecule has 35 heavy (non-hydrogen) atoms. The molecule has 0 saturated heterocycles. The molecule has 0 aliphatic rings. The molecule has 0 fully saturated rings. The van der Waals surface area contributed by atoms with Crippen LogP contribution in [0.2, 0.25) is 5.02 Å². The summed E-state index contributed by atoms with van der Waals surface area (Å²) in [4.78, 5) is 13.3. The Hall–Kier alpha value is -3.03. The summed E-state index contributed by atoms with van der Waals surface area (Å²) in [5.41, 5.74) is 5.44. The van der Waals surface area contributed by atoms with Crippen LogP contribution in [-0.4, -0.2) is 28.0 Å². The van der Waals surface area contributed by atoms with Crippen molar-refractivity contribution in [2.75, 3.05) is 18.0 Å². The molecule has 0 heterocycles. The number of benzene rings is 3. The first-order valence-electron chi connectivity index (χ1n) is 11.2. The fourth-order valence-electron chi connectivity index (χ4n) is 3.94. The number of ether oxygens (including phenoxy) is 1. The Balaban J connectivity index is 1.99. The van der Waals surface area contributed by atoms with E-state index in [4.69, 9.17) is 16.3 Å². The van der Waals surface area contributed by atoms with Gasteiger partial charge in [-0.05, 0) is 87.2 Å². The number of nitrogens with zero attached hydrogens (tertiary/aromatic N) is 1. The molecule has 1 N–H and O–H groups in total. The van der Waals surface area contributed by atoms with E-state index in [1.165, 1.54) is 30.9 Å². The Morgan fingerprint density at radius 3 is 2.23 bits per heavy atom. The zero-order valence-corrected chi connectivity index (χ0v) is 22.4. The molecule has 8 heteroatoms. The van der Waals surface area contributed by atoms with Crippen LogP contribution < -0.4 is 14.4 Å². The number of carbonyl (C=O) groups excluding carboxylic acids is 1. The number of methoxy groups -OCH3 is 1. The highest BCUT2D eigenvalue weighted by Crippen LogP contribution is 2.35. The number of nitrogens with one attached hydrogen (secondary N) is 1. The summed E-state index contributed by atoms with van der Waals surface area (Å²) in [5.74, 6) is -0.163. The number of halogens is 1. The van der Waals surface area contributed by atoms with Crippen LogP contribution in [0.3, 0.4) is 0 Å². The predicted octanol–water partition coefficient (Wildman–Crippen LogP) is 5.65. The molecule has 0 radical (unpaired) electrons. The van der Waals surface area contributed by atoms with Crippen molar-refractivity contribution in [1.29, 1.82) is 0 Å². The standard InChI is InChI=1S/C27H31ClN2O4S/c1-17-7-10-23(11-8-17)35(32,33)30(25-15-22(28)9-12-26(25)34-6)16-27(31)29-21(5)24-14-19(3)18(2)13-20(24)4/h7-15,21H,16H2,1-6H3,(H,29,31)/t21-/m0/s1. The van der Waals surface area contributed by atoms with Gasteiger partial charge in [0.1, 0.15) is 12.3 Å². The van der Waals surface area contributed by atoms with Gasteiger partial charge in [0.05, 0.1) is 23.7 Å². The maximum absolute atomic E-state index is 13.7. The summed E-state index contributed by atoms with van der Waals surface area (Å²) < 4.78 is 33.8. The van der Waals surface area contributed by atoms with Gasteiger partial charge < -0.3 is 10.1 Å². The lowest BCUT2D eigenvalue weighted by Gasteiger charge is -2.27. The average molecular weight is 515 g/mol. The van der Waals surface area contributed by atoms with Crippen LogP contribution in [-0.2, 0) is 14.8 Å². The monoisotopic (exact) mass is 514 g/mol. The van der Waals surface area contributed by atoms with E-state index in [0.717, 1.165) is 26.6 Å². The number of hydrogen-bond acceptors (Lipinski definition) is 4. The van der Waals surface area contributed by atoms with Gasteiger partial charge in [0.2, 0.25) is 5.91 Å². The zero-order valence-electron chi connectivity index (χ0n) is 20.8. The SMILES string of the molecule is COc1ccc(Cl)cc1N(CC(=O)N[C@@H](C)c1cc(C)c(C)cc1C)S(=O)(=O)c1ccc(C)cc1. The summed E-state index contributed by atoms with van der Waals surface area (Å²) in [6.45, 7) is 9.37. The minimum atomic E-state index is -4.10. The first-order valence-corrected chi connectivity index (χ1v) is 13.1. The van der Waals surface area contributed by atoms with E-state index < -0.39 is 22.5 Å². The minimum absolute atomic E-state index is 0.0657. The average Bonchev–Trinajstić information content (AvgIpc) is 2.80. The van der Waals surface area contributed by atoms with Crippen LogP contribution in [0.4, 0.5) is 5.69 Å². The number of carbonyl (C=O) groups is 1. The van der Waals surface area contributed by atoms with E-state index >= 15 is 0 Å². The largest absolute Gasteiger partial charge is 0.495 e. The van der Waals surface area contributed by atoms with Crippen molar-refractivity contribution in [1.82, 2.24) is 5.32 Å². The molecule has 0 aliphatic carbocycles. The van der Waals surface area contributed by atoms with Crippen molar-refractivity contribution >= 4 is 33.2 Å². The fourth-order valence-corrected chi connectivity index (χ4v) is 5.53. The molecule has 0 aliphatic heterocycles. The molecule has 0 aromatic heterocycles. The normalized spacial score (nSPS) is 12.2. The number of anilines is 1. The van der Waals surface area contributed by atoms with Crippen molar-refractivity contribution < 1.29 is 17.9 Å². The molecule has 0 unspecified atom stereocenters. The molecule has 1 amide bonds. The number of amides is 1. The first kappa shape index (κ1) is 26.6. The van der Waals surface area contributed by atoms with E-state index in [2.05, 4.69) is 17.4 Å². The summed E-state index contributed by atoms with van der Waals surface area (Å²) >= 11 is 6.20. The van der Waals surface area contributed by atoms with E-state index in [-0.39, 0.29) is 22.4 Å². The van der Waals surface area contributed by atoms with Crippen molar-refractivity contribution in [2.24, 2.45) is 0 Å². The zero-order chi connectivity index (χ0) is 25.9. The molecule has 0 spiro atoms. The third kappa shape index (κ3) is 5.97. The second-order valence-corrected chi connectivity index (χ2v) is 11.0. The molecule has 3 aromatic carbocycles. The quantitative estimate of drug-likeness (QED) is 0.421. The first-order chi connectivity index (χ1) is 16.4. The maximum atomic E-state index is 13.7. The van der Waals surface area contributed by atoms with Crippen LogP contribution in [0.1, 0.15) is 40.8 Å². The molecule has 3 rings (SSSR count). The van der Waals surface area contributed by atoms with Gasteiger partial charge in [0, 0.05) is 5.02 Å². The smallest absolute Gasteiger partial charge is 0.264 e. The van der Waals surface area contributed by atoms with Crippen LogP contribution in [0, 0.1) is 27.7 Å². The molecule has 1 atom stereocenters. The predicted molar refractivity (Wildman–Crippen MR) is 141 cm³/mol. The van der Waals surface area contributed by atoms with E-state index in [0.29, 0.717) is 5.02 Å². The molecule has 0 bridgehead atoms. The third-order valence-electron chi connectivity index (χ3n) is 6.03. The lowest BCUT2D eigenvalue weighted by molar-refractivity contribution is -0.120. The van der Waals surface area contributed by atoms with Crippen molar-refractivity contribution in [2.45, 2.75) is 45.6 Å². The fraction of sp³-hybridized carbons (Fsp3) is 0.296. The molecular weight excluding hydrogens is 484 g/mol. The van der Waals surface area contributed by atoms with Gasteiger partial charge in [0.25, 0.3) is 10.0 Å². The van der Waals surface area contributed by atoms with Gasteiger partial charge in [-0.3, -0.25) is 9.10 Å². The Morgan fingerprint density at radius 2 is 1.60 bits per heavy atom. The molecule has 186 valence electrons. The van der Waals surface area contributed by atoms with Gasteiger partial charge in [-0.25, -0.2) is 8.42 Å². The number of sulfonamides is 1. The summed E-state index contributed by atoms with van der Waals surface area (Å²) in [6, 6.07) is 15.0. The van der Waals surface area contributed by atoms with E-state index in [1.807, 2.05) is 34.6 Å². The highest BCUT2D eigenvalue weighted by molar-refractivity contribution is 7.92. The lowest BCUT2D eigenvalue weighted by atomic mass is 9.96. The number of aryl methyl sites for hydroxylation is 4. The van der Waals surface area contributed by atoms with Gasteiger partial charge in [-0.2, -0.15) is 0 Å². The Labute approximate surface area is 212 Å². The van der Waals surface area contributed by atoms with Crippen LogP contribution >= 0.6 is 11.6 Å². The molecule has 0 saturated carbocycles. The van der Waals surface area contributed by atoms with Crippen molar-refractivity contribution in [3.8, 4) is 5.75 Å². The summed E-state index contributed by atoms with van der Waals surface area (Å²) in [6.07, 6.45) is 0. The number of rotatable bonds is 8. The maximum Gasteiger partial charge on any atom is 0.264 e. The van der Waals surface area contributed by atoms with Gasteiger partial charge in [-0.15, -0.1) is 0 Å². The van der Waals surface area contributed by atoms with Gasteiger partial charge in [0.15, 0.2) is 0 Å².